The molecule has 0 saturated heterocycles. The van der Waals surface area contributed by atoms with Crippen molar-refractivity contribution >= 4 is 5.91 Å². The van der Waals surface area contributed by atoms with Crippen LogP contribution in [0, 0.1) is 5.92 Å². The second kappa shape index (κ2) is 7.29. The molecule has 0 heterocycles. The van der Waals surface area contributed by atoms with Gasteiger partial charge in [-0.05, 0) is 30.4 Å². The van der Waals surface area contributed by atoms with E-state index in [0.717, 1.165) is 23.5 Å². The molecule has 120 valence electrons. The topological polar surface area (TPSA) is 64.4 Å². The van der Waals surface area contributed by atoms with Crippen LogP contribution in [0.4, 0.5) is 0 Å². The van der Waals surface area contributed by atoms with Crippen molar-refractivity contribution in [2.45, 2.75) is 25.4 Å². The molecule has 0 aliphatic heterocycles. The molecular weight excluding hydrogens is 288 g/mol. The summed E-state index contributed by atoms with van der Waals surface area (Å²) in [5, 5.41) is 3.24. The average molecular weight is 310 g/mol. The molecule has 1 fully saturated rings. The van der Waals surface area contributed by atoms with Crippen molar-refractivity contribution in [3.63, 3.8) is 0 Å². The van der Waals surface area contributed by atoms with Crippen LogP contribution in [0.15, 0.2) is 54.6 Å². The summed E-state index contributed by atoms with van der Waals surface area (Å²) in [6.45, 7) is 1.30. The summed E-state index contributed by atoms with van der Waals surface area (Å²) in [5.74, 6) is 1.20. The van der Waals surface area contributed by atoms with Crippen molar-refractivity contribution in [3.8, 4) is 5.75 Å². The van der Waals surface area contributed by atoms with Crippen LogP contribution in [-0.4, -0.2) is 12.5 Å². The zero-order valence-corrected chi connectivity index (χ0v) is 13.1. The summed E-state index contributed by atoms with van der Waals surface area (Å²) in [7, 11) is 0. The first-order valence-electron chi connectivity index (χ1n) is 8.02. The monoisotopic (exact) mass is 310 g/mol. The maximum absolute atomic E-state index is 11.8. The van der Waals surface area contributed by atoms with Gasteiger partial charge in [-0.2, -0.15) is 0 Å². The van der Waals surface area contributed by atoms with E-state index in [1.807, 2.05) is 54.6 Å². The van der Waals surface area contributed by atoms with Crippen molar-refractivity contribution in [2.24, 2.45) is 11.7 Å². The Bertz CT molecular complexity index is 653. The van der Waals surface area contributed by atoms with Gasteiger partial charge < -0.3 is 10.5 Å². The van der Waals surface area contributed by atoms with Crippen molar-refractivity contribution in [2.75, 3.05) is 6.61 Å². The Morgan fingerprint density at radius 3 is 2.52 bits per heavy atom. The molecule has 1 atom stereocenters. The molecule has 4 heteroatoms. The minimum absolute atomic E-state index is 0.382. The number of amides is 1. The van der Waals surface area contributed by atoms with E-state index in [2.05, 4.69) is 5.32 Å². The van der Waals surface area contributed by atoms with Crippen LogP contribution in [0.3, 0.4) is 0 Å². The second-order valence-electron chi connectivity index (χ2n) is 5.99. The molecule has 3 rings (SSSR count). The van der Waals surface area contributed by atoms with E-state index in [1.165, 1.54) is 12.8 Å². The number of hydrogen-bond donors (Lipinski definition) is 2. The fourth-order valence-corrected chi connectivity index (χ4v) is 2.52. The molecular formula is C19H22N2O2. The number of para-hydroxylation sites is 1. The van der Waals surface area contributed by atoms with Crippen LogP contribution in [0.2, 0.25) is 0 Å². The number of benzene rings is 2. The molecule has 0 aromatic heterocycles. The van der Waals surface area contributed by atoms with E-state index in [4.69, 9.17) is 10.5 Å². The Morgan fingerprint density at radius 2 is 1.83 bits per heavy atom. The molecule has 3 N–H and O–H groups in total. The van der Waals surface area contributed by atoms with Gasteiger partial charge in [-0.25, -0.2) is 0 Å². The number of carbonyl (C=O) groups excluding carboxylic acids is 1. The highest BCUT2D eigenvalue weighted by atomic mass is 16.5. The number of carbonyl (C=O) groups is 1. The zero-order valence-electron chi connectivity index (χ0n) is 13.1. The van der Waals surface area contributed by atoms with E-state index in [1.54, 1.807) is 0 Å². The van der Waals surface area contributed by atoms with Gasteiger partial charge in [0, 0.05) is 12.1 Å². The number of hydrogen-bond acceptors (Lipinski definition) is 3. The lowest BCUT2D eigenvalue weighted by atomic mass is 10.1. The van der Waals surface area contributed by atoms with Crippen molar-refractivity contribution in [1.82, 2.24) is 5.32 Å². The lowest BCUT2D eigenvalue weighted by molar-refractivity contribution is -0.120. The molecule has 0 radical (unpaired) electrons. The second-order valence-corrected chi connectivity index (χ2v) is 5.99. The third-order valence-corrected chi connectivity index (χ3v) is 4.06. The summed E-state index contributed by atoms with van der Waals surface area (Å²) >= 11 is 0. The summed E-state index contributed by atoms with van der Waals surface area (Å²) in [6, 6.07) is 16.9. The maximum Gasteiger partial charge on any atom is 0.239 e. The molecule has 4 nitrogen and oxygen atoms in total. The Kier molecular flexibility index (Phi) is 4.93. The first-order valence-corrected chi connectivity index (χ1v) is 8.02. The van der Waals surface area contributed by atoms with E-state index < -0.39 is 6.04 Å². The minimum Gasteiger partial charge on any atom is -0.493 e. The highest BCUT2D eigenvalue weighted by Crippen LogP contribution is 2.30. The third-order valence-electron chi connectivity index (χ3n) is 4.06. The Hall–Kier alpha value is -2.33. The molecule has 1 amide bonds. The van der Waals surface area contributed by atoms with Gasteiger partial charge in [-0.15, -0.1) is 0 Å². The predicted molar refractivity (Wildman–Crippen MR) is 89.9 cm³/mol. The average Bonchev–Trinajstić information content (AvgIpc) is 3.39. The van der Waals surface area contributed by atoms with Gasteiger partial charge in [-0.1, -0.05) is 48.5 Å². The van der Waals surface area contributed by atoms with Gasteiger partial charge in [0.2, 0.25) is 5.91 Å². The van der Waals surface area contributed by atoms with Gasteiger partial charge in [-0.3, -0.25) is 10.1 Å². The first kappa shape index (κ1) is 15.6. The molecule has 23 heavy (non-hydrogen) atoms. The highest BCUT2D eigenvalue weighted by Gasteiger charge is 2.22. The lowest BCUT2D eigenvalue weighted by Crippen LogP contribution is -2.33. The maximum atomic E-state index is 11.8. The first-order chi connectivity index (χ1) is 11.2. The minimum atomic E-state index is -0.507. The predicted octanol–water partition coefficient (Wildman–Crippen LogP) is 2.79. The van der Waals surface area contributed by atoms with Crippen LogP contribution in [0.1, 0.15) is 30.0 Å². The molecule has 2 aromatic rings. The van der Waals surface area contributed by atoms with Crippen LogP contribution in [0.5, 0.6) is 5.75 Å². The molecule has 2 aromatic carbocycles. The fourth-order valence-electron chi connectivity index (χ4n) is 2.52. The normalized spacial score (nSPS) is 15.1. The van der Waals surface area contributed by atoms with E-state index in [0.29, 0.717) is 12.5 Å². The summed E-state index contributed by atoms with van der Waals surface area (Å²) < 4.78 is 5.90. The Balaban J connectivity index is 1.67. The van der Waals surface area contributed by atoms with Crippen LogP contribution in [-0.2, 0) is 11.3 Å². The molecule has 0 unspecified atom stereocenters. The Morgan fingerprint density at radius 1 is 1.13 bits per heavy atom. The van der Waals surface area contributed by atoms with Gasteiger partial charge in [0.15, 0.2) is 0 Å². The number of nitrogens with two attached hydrogens (primary N) is 1. The largest absolute Gasteiger partial charge is 0.493 e. The molecule has 0 bridgehead atoms. The standard InChI is InChI=1S/C19H22N2O2/c20-19(22)18(15-6-2-1-3-7-15)21-12-16-8-4-5-9-17(16)23-13-14-10-11-14/h1-9,14,18,21H,10-13H2,(H2,20,22)/t18-/m0/s1. The van der Waals surface area contributed by atoms with Crippen molar-refractivity contribution in [1.29, 1.82) is 0 Å². The number of rotatable bonds is 8. The van der Waals surface area contributed by atoms with Gasteiger partial charge in [0.05, 0.1) is 6.61 Å². The number of nitrogens with one attached hydrogen (secondary N) is 1. The van der Waals surface area contributed by atoms with Crippen LogP contribution in [0.25, 0.3) is 0 Å². The van der Waals surface area contributed by atoms with Gasteiger partial charge >= 0.3 is 0 Å². The number of ether oxygens (including phenoxy) is 1. The zero-order chi connectivity index (χ0) is 16.1. The molecule has 1 aliphatic carbocycles. The van der Waals surface area contributed by atoms with Gasteiger partial charge in [0.1, 0.15) is 11.8 Å². The summed E-state index contributed by atoms with van der Waals surface area (Å²) in [4.78, 5) is 11.8. The summed E-state index contributed by atoms with van der Waals surface area (Å²) in [6.07, 6.45) is 2.52. The van der Waals surface area contributed by atoms with E-state index in [-0.39, 0.29) is 5.91 Å². The molecule has 0 spiro atoms. The van der Waals surface area contributed by atoms with Crippen molar-refractivity contribution in [3.05, 3.63) is 65.7 Å². The molecule has 1 saturated carbocycles. The molecule has 1 aliphatic rings. The Labute approximate surface area is 136 Å². The van der Waals surface area contributed by atoms with Gasteiger partial charge in [0.25, 0.3) is 0 Å². The lowest BCUT2D eigenvalue weighted by Gasteiger charge is -2.17. The fraction of sp³-hybridized carbons (Fsp3) is 0.316. The van der Waals surface area contributed by atoms with E-state index in [9.17, 15) is 4.79 Å². The summed E-state index contributed by atoms with van der Waals surface area (Å²) in [5.41, 5.74) is 7.45. The van der Waals surface area contributed by atoms with Crippen molar-refractivity contribution < 1.29 is 9.53 Å². The highest BCUT2D eigenvalue weighted by molar-refractivity contribution is 5.81. The SMILES string of the molecule is NC(=O)[C@@H](NCc1ccccc1OCC1CC1)c1ccccc1. The van der Waals surface area contributed by atoms with Crippen LogP contribution >= 0.6 is 0 Å². The number of primary amides is 1. The van der Waals surface area contributed by atoms with E-state index >= 15 is 0 Å². The smallest absolute Gasteiger partial charge is 0.239 e. The third kappa shape index (κ3) is 4.33. The quantitative estimate of drug-likeness (QED) is 0.788. The van der Waals surface area contributed by atoms with Crippen LogP contribution < -0.4 is 15.8 Å².